The summed E-state index contributed by atoms with van der Waals surface area (Å²) in [7, 11) is 3.09. The molecule has 214 valence electrons. The average Bonchev–Trinajstić information content (AvgIpc) is 3.32. The topological polar surface area (TPSA) is 105 Å². The fourth-order valence-electron chi connectivity index (χ4n) is 6.00. The Hall–Kier alpha value is -5.11. The number of benzene rings is 4. The Morgan fingerprint density at radius 1 is 0.738 bits per heavy atom. The number of hydrogen-bond acceptors (Lipinski definition) is 5. The van der Waals surface area contributed by atoms with E-state index in [4.69, 9.17) is 9.47 Å². The van der Waals surface area contributed by atoms with Crippen LogP contribution < -0.4 is 14.8 Å². The molecule has 2 N–H and O–H groups in total. The fourth-order valence-corrected chi connectivity index (χ4v) is 6.00. The van der Waals surface area contributed by atoms with E-state index in [9.17, 15) is 19.5 Å². The first-order valence-corrected chi connectivity index (χ1v) is 13.6. The highest BCUT2D eigenvalue weighted by Crippen LogP contribution is 2.56. The van der Waals surface area contributed by atoms with Gasteiger partial charge in [-0.25, -0.2) is 9.59 Å². The summed E-state index contributed by atoms with van der Waals surface area (Å²) in [5.74, 6) is -2.16. The van der Waals surface area contributed by atoms with Gasteiger partial charge in [0.05, 0.1) is 26.2 Å². The zero-order valence-electron chi connectivity index (χ0n) is 23.6. The van der Waals surface area contributed by atoms with Gasteiger partial charge in [0.15, 0.2) is 5.78 Å². The number of Topliss-reactive ketones (excluding diaryl/α,β-unsaturated/α-hetero) is 1. The van der Waals surface area contributed by atoms with Gasteiger partial charge in [0.25, 0.3) is 0 Å². The number of aliphatic carboxylic acids is 1. The summed E-state index contributed by atoms with van der Waals surface area (Å²) in [5.41, 5.74) is 0.334. The summed E-state index contributed by atoms with van der Waals surface area (Å²) in [6, 6.07) is 30.1. The number of amides is 2. The van der Waals surface area contributed by atoms with Crippen LogP contribution in [0, 0.1) is 5.92 Å². The number of nitrogens with zero attached hydrogens (tertiary/aromatic N) is 1. The van der Waals surface area contributed by atoms with E-state index in [1.165, 1.54) is 11.8 Å². The number of anilines is 1. The Morgan fingerprint density at radius 2 is 1.26 bits per heavy atom. The lowest BCUT2D eigenvalue weighted by Gasteiger charge is -2.37. The third kappa shape index (κ3) is 5.07. The second-order valence-electron chi connectivity index (χ2n) is 10.3. The van der Waals surface area contributed by atoms with Gasteiger partial charge in [0, 0.05) is 17.2 Å². The normalized spacial score (nSPS) is 21.4. The van der Waals surface area contributed by atoms with E-state index in [1.807, 2.05) is 36.4 Å². The predicted octanol–water partition coefficient (Wildman–Crippen LogP) is 6.42. The van der Waals surface area contributed by atoms with Gasteiger partial charge in [-0.05, 0) is 66.6 Å². The molecule has 0 aromatic heterocycles. The lowest BCUT2D eigenvalue weighted by atomic mass is 9.71. The zero-order chi connectivity index (χ0) is 29.9. The largest absolute Gasteiger partial charge is 0.497 e. The molecule has 1 heterocycles. The predicted molar refractivity (Wildman–Crippen MR) is 159 cm³/mol. The van der Waals surface area contributed by atoms with Gasteiger partial charge in [0.2, 0.25) is 0 Å². The van der Waals surface area contributed by atoms with Crippen LogP contribution in [-0.2, 0) is 4.79 Å². The SMILES string of the molecule is COc1ccc(C(=O)C2C(c3ccc(OC)cc3)N(C(=O)Nc3ccccc3)C(C)(C(=O)O)C2c2ccccc2)cc1. The summed E-state index contributed by atoms with van der Waals surface area (Å²) in [6.45, 7) is 1.52. The molecule has 4 aromatic rings. The van der Waals surface area contributed by atoms with Crippen molar-refractivity contribution in [3.63, 3.8) is 0 Å². The first kappa shape index (κ1) is 28.4. The minimum Gasteiger partial charge on any atom is -0.497 e. The molecule has 4 atom stereocenters. The number of methoxy groups -OCH3 is 2. The first-order valence-electron chi connectivity index (χ1n) is 13.6. The second-order valence-corrected chi connectivity index (χ2v) is 10.3. The molecule has 5 rings (SSSR count). The second kappa shape index (κ2) is 11.8. The van der Waals surface area contributed by atoms with E-state index in [1.54, 1.807) is 87.0 Å². The monoisotopic (exact) mass is 564 g/mol. The molecule has 8 heteroatoms. The number of ketones is 1. The van der Waals surface area contributed by atoms with Gasteiger partial charge in [-0.15, -0.1) is 0 Å². The number of hydrogen-bond donors (Lipinski definition) is 2. The Bertz CT molecular complexity index is 1560. The molecule has 0 spiro atoms. The molecular weight excluding hydrogens is 532 g/mol. The third-order valence-corrected chi connectivity index (χ3v) is 8.05. The molecule has 2 amide bonds. The average molecular weight is 565 g/mol. The van der Waals surface area contributed by atoms with Crippen LogP contribution in [0.25, 0.3) is 0 Å². The smallest absolute Gasteiger partial charge is 0.330 e. The lowest BCUT2D eigenvalue weighted by Crippen LogP contribution is -2.55. The number of carbonyl (C=O) groups is 3. The number of ether oxygens (including phenoxy) is 2. The molecule has 1 aliphatic heterocycles. The van der Waals surface area contributed by atoms with Gasteiger partial charge in [-0.2, -0.15) is 0 Å². The Labute approximate surface area is 244 Å². The summed E-state index contributed by atoms with van der Waals surface area (Å²) >= 11 is 0. The number of nitrogens with one attached hydrogen (secondary N) is 1. The summed E-state index contributed by atoms with van der Waals surface area (Å²) in [6.07, 6.45) is 0. The van der Waals surface area contributed by atoms with Gasteiger partial charge < -0.3 is 19.9 Å². The van der Waals surface area contributed by atoms with E-state index in [-0.39, 0.29) is 5.78 Å². The minimum absolute atomic E-state index is 0.283. The maximum Gasteiger partial charge on any atom is 0.330 e. The number of para-hydroxylation sites is 1. The summed E-state index contributed by atoms with van der Waals surface area (Å²) < 4.78 is 10.6. The highest BCUT2D eigenvalue weighted by Gasteiger charge is 2.65. The Kier molecular flexibility index (Phi) is 7.97. The molecule has 4 unspecified atom stereocenters. The van der Waals surface area contributed by atoms with E-state index in [2.05, 4.69) is 5.32 Å². The fraction of sp³-hybridized carbons (Fsp3) is 0.206. The maximum absolute atomic E-state index is 14.6. The van der Waals surface area contributed by atoms with Crippen molar-refractivity contribution in [3.05, 3.63) is 126 Å². The Balaban J connectivity index is 1.75. The van der Waals surface area contributed by atoms with Crippen molar-refractivity contribution in [2.75, 3.05) is 19.5 Å². The maximum atomic E-state index is 14.6. The van der Waals surface area contributed by atoms with Gasteiger partial charge >= 0.3 is 12.0 Å². The standard InChI is InChI=1S/C34H32N2O6/c1-34(32(38)39)29(22-10-6-4-7-11-22)28(31(37)24-16-20-27(42-3)21-17-24)30(23-14-18-26(41-2)19-15-23)36(34)33(40)35-25-12-8-5-9-13-25/h4-21,28-30H,1-3H3,(H,35,40)(H,38,39). The van der Waals surface area contributed by atoms with Crippen molar-refractivity contribution in [3.8, 4) is 11.5 Å². The molecular formula is C34H32N2O6. The molecule has 1 aliphatic rings. The first-order chi connectivity index (χ1) is 20.3. The summed E-state index contributed by atoms with van der Waals surface area (Å²) in [4.78, 5) is 43.5. The van der Waals surface area contributed by atoms with E-state index in [0.29, 0.717) is 33.9 Å². The van der Waals surface area contributed by atoms with Crippen molar-refractivity contribution in [1.82, 2.24) is 4.90 Å². The zero-order valence-corrected chi connectivity index (χ0v) is 23.6. The van der Waals surface area contributed by atoms with E-state index < -0.39 is 35.4 Å². The van der Waals surface area contributed by atoms with E-state index >= 15 is 0 Å². The van der Waals surface area contributed by atoms with Crippen LogP contribution in [0.1, 0.15) is 40.4 Å². The van der Waals surface area contributed by atoms with Crippen molar-refractivity contribution >= 4 is 23.5 Å². The molecule has 42 heavy (non-hydrogen) atoms. The van der Waals surface area contributed by atoms with Crippen LogP contribution in [0.5, 0.6) is 11.5 Å². The molecule has 0 radical (unpaired) electrons. The van der Waals surface area contributed by atoms with Gasteiger partial charge in [-0.1, -0.05) is 60.7 Å². The molecule has 1 fully saturated rings. The Morgan fingerprint density at radius 3 is 1.79 bits per heavy atom. The van der Waals surface area contributed by atoms with Crippen LogP contribution in [0.4, 0.5) is 10.5 Å². The van der Waals surface area contributed by atoms with Crippen molar-refractivity contribution in [2.45, 2.75) is 24.4 Å². The highest BCUT2D eigenvalue weighted by molar-refractivity contribution is 6.03. The molecule has 0 aliphatic carbocycles. The number of likely N-dealkylation sites (tertiary alicyclic amines) is 1. The number of carbonyl (C=O) groups excluding carboxylic acids is 2. The van der Waals surface area contributed by atoms with E-state index in [0.717, 1.165) is 0 Å². The third-order valence-electron chi connectivity index (χ3n) is 8.05. The molecule has 0 bridgehead atoms. The van der Waals surface area contributed by atoms with Crippen molar-refractivity contribution in [1.29, 1.82) is 0 Å². The number of carboxylic acid groups (broad SMARTS) is 1. The molecule has 0 saturated carbocycles. The van der Waals surface area contributed by atoms with Crippen LogP contribution in [-0.4, -0.2) is 47.5 Å². The van der Waals surface area contributed by atoms with Crippen LogP contribution in [0.2, 0.25) is 0 Å². The number of carboxylic acids is 1. The lowest BCUT2D eigenvalue weighted by molar-refractivity contribution is -0.148. The molecule has 4 aromatic carbocycles. The number of rotatable bonds is 8. The van der Waals surface area contributed by atoms with Crippen LogP contribution in [0.3, 0.4) is 0 Å². The van der Waals surface area contributed by atoms with Crippen molar-refractivity contribution < 1.29 is 29.0 Å². The number of urea groups is 1. The van der Waals surface area contributed by atoms with Crippen molar-refractivity contribution in [2.24, 2.45) is 5.92 Å². The van der Waals surface area contributed by atoms with Gasteiger partial charge in [-0.3, -0.25) is 9.69 Å². The van der Waals surface area contributed by atoms with Crippen LogP contribution in [0.15, 0.2) is 109 Å². The van der Waals surface area contributed by atoms with Crippen LogP contribution >= 0.6 is 0 Å². The molecule has 8 nitrogen and oxygen atoms in total. The quantitative estimate of drug-likeness (QED) is 0.239. The van der Waals surface area contributed by atoms with Gasteiger partial charge in [0.1, 0.15) is 17.0 Å². The minimum atomic E-state index is -1.81. The summed E-state index contributed by atoms with van der Waals surface area (Å²) in [5, 5.41) is 13.8. The highest BCUT2D eigenvalue weighted by atomic mass is 16.5. The molecule has 1 saturated heterocycles.